The van der Waals surface area contributed by atoms with E-state index in [0.29, 0.717) is 0 Å². The molecule has 34 valence electrons. The summed E-state index contributed by atoms with van der Waals surface area (Å²) in [6.07, 6.45) is 0. The summed E-state index contributed by atoms with van der Waals surface area (Å²) in [6, 6.07) is 0. The summed E-state index contributed by atoms with van der Waals surface area (Å²) in [5.74, 6) is 0. The fourth-order valence-electron chi connectivity index (χ4n) is 0. The molecule has 0 aromatic heterocycles. The Morgan fingerprint density at radius 3 is 1.17 bits per heavy atom. The molecule has 0 spiro atoms. The second kappa shape index (κ2) is 3.65. The predicted molar refractivity (Wildman–Crippen MR) is 18.7 cm³/mol. The van der Waals surface area contributed by atoms with Crippen LogP contribution in [0.1, 0.15) is 0 Å². The van der Waals surface area contributed by atoms with Crippen molar-refractivity contribution in [3.63, 3.8) is 0 Å². The van der Waals surface area contributed by atoms with Gasteiger partial charge >= 0.3 is 80.8 Å². The topological polar surface area (TPSA) is 74.6 Å². The second-order valence-corrected chi connectivity index (χ2v) is 2.33. The average Bonchev–Trinajstić information content (AvgIpc) is 0.722. The summed E-state index contributed by atoms with van der Waals surface area (Å²) in [5.41, 5.74) is 0. The number of hydrogen-bond donors (Lipinski definition) is 2. The van der Waals surface area contributed by atoms with Gasteiger partial charge in [0.05, 0.1) is 0 Å². The van der Waals surface area contributed by atoms with Crippen LogP contribution in [0.2, 0.25) is 0 Å². The van der Waals surface area contributed by atoms with Gasteiger partial charge in [0.15, 0.2) is 0 Å². The Kier molecular flexibility index (Phi) is 6.46. The molecule has 0 heterocycles. The molecule has 6 heavy (non-hydrogen) atoms. The first kappa shape index (κ1) is 10.6. The normalized spacial score (nSPS) is 9.67. The molecule has 0 unspecified atom stereocenters. The second-order valence-electron chi connectivity index (χ2n) is 0.448. The number of hydrogen-bond acceptors (Lipinski definition) is 2. The van der Waals surface area contributed by atoms with Gasteiger partial charge < -0.3 is 0 Å². The van der Waals surface area contributed by atoms with E-state index in [1.165, 1.54) is 0 Å². The van der Waals surface area contributed by atoms with E-state index in [2.05, 4.69) is 0 Å². The van der Waals surface area contributed by atoms with Crippen LogP contribution in [0.5, 0.6) is 0 Å². The molecule has 0 saturated heterocycles. The minimum absolute atomic E-state index is 0. The van der Waals surface area contributed by atoms with Crippen LogP contribution in [0.3, 0.4) is 0 Å². The molecule has 0 aliphatic carbocycles. The van der Waals surface area contributed by atoms with Gasteiger partial charge in [0.1, 0.15) is 0 Å². The van der Waals surface area contributed by atoms with E-state index >= 15 is 0 Å². The number of rotatable bonds is 0. The quantitative estimate of drug-likeness (QED) is 0.413. The Morgan fingerprint density at radius 1 is 1.17 bits per heavy atom. The van der Waals surface area contributed by atoms with Gasteiger partial charge in [0.2, 0.25) is 0 Å². The Labute approximate surface area is 79.3 Å². The minimum atomic E-state index is -5.25. The summed E-state index contributed by atoms with van der Waals surface area (Å²) in [4.78, 5) is 0. The van der Waals surface area contributed by atoms with E-state index in [1.54, 1.807) is 0 Å². The van der Waals surface area contributed by atoms with Crippen molar-refractivity contribution in [3.05, 3.63) is 0 Å². The van der Waals surface area contributed by atoms with Crippen molar-refractivity contribution in [1.82, 2.24) is 0 Å². The zero-order valence-electron chi connectivity index (χ0n) is 2.12. The Morgan fingerprint density at radius 2 is 1.17 bits per heavy atom. The monoisotopic (exact) mass is 186 g/mol. The molecule has 2 N–H and O–H groups in total. The Balaban J connectivity index is 0. The molecule has 0 aromatic carbocycles. The van der Waals surface area contributed by atoms with Crippen LogP contribution in [0.25, 0.3) is 0 Å². The molecular weight excluding hydrogens is 182 g/mol. The molecule has 0 rings (SSSR count). The SMILES string of the molecule is O=[Se](=O)(O)O.[KH]. The van der Waals surface area contributed by atoms with Gasteiger partial charge in [-0.2, -0.15) is 0 Å². The van der Waals surface area contributed by atoms with Gasteiger partial charge in [-0.25, -0.2) is 0 Å². The molecule has 0 fully saturated rings. The predicted octanol–water partition coefficient (Wildman–Crippen LogP) is -2.38. The van der Waals surface area contributed by atoms with E-state index in [9.17, 15) is 0 Å². The molecule has 0 amide bonds. The summed E-state index contributed by atoms with van der Waals surface area (Å²) in [7, 11) is 0. The van der Waals surface area contributed by atoms with Gasteiger partial charge in [-0.05, 0) is 0 Å². The molecule has 0 bridgehead atoms. The fraction of sp³-hybridized carbons (Fsp3) is 0. The van der Waals surface area contributed by atoms with Crippen molar-refractivity contribution >= 4 is 64.8 Å². The van der Waals surface area contributed by atoms with E-state index < -0.39 is 13.4 Å². The van der Waals surface area contributed by atoms with Crippen molar-refractivity contribution < 1.29 is 16.0 Å². The van der Waals surface area contributed by atoms with Crippen molar-refractivity contribution in [2.75, 3.05) is 0 Å². The van der Waals surface area contributed by atoms with Crippen molar-refractivity contribution in [1.29, 1.82) is 0 Å². The Bertz CT molecular complexity index is 90.7. The zero-order valence-corrected chi connectivity index (χ0v) is 3.83. The third-order valence-corrected chi connectivity index (χ3v) is 0. The van der Waals surface area contributed by atoms with Crippen LogP contribution in [-0.4, -0.2) is 73.1 Å². The summed E-state index contributed by atoms with van der Waals surface area (Å²) < 4.78 is 31.9. The first-order valence-electron chi connectivity index (χ1n) is 0.698. The molecule has 0 atom stereocenters. The van der Waals surface area contributed by atoms with E-state index in [1.807, 2.05) is 0 Å². The first-order chi connectivity index (χ1) is 2.00. The average molecular weight is 185 g/mol. The molecule has 4 nitrogen and oxygen atoms in total. The standard InChI is InChI=1S/K.H2O4Se.H/c;1-5(2,3)4;/h;(H2,1,2,3,4);. The molecule has 0 saturated carbocycles. The summed E-state index contributed by atoms with van der Waals surface area (Å²) >= 11 is -5.25. The summed E-state index contributed by atoms with van der Waals surface area (Å²) in [6.45, 7) is 0. The van der Waals surface area contributed by atoms with Crippen molar-refractivity contribution in [3.8, 4) is 0 Å². The summed E-state index contributed by atoms with van der Waals surface area (Å²) in [5, 5.41) is 0. The van der Waals surface area contributed by atoms with Crippen LogP contribution >= 0.6 is 0 Å². The molecule has 0 aliphatic heterocycles. The molecular formula is H3KO4Se. The maximum absolute atomic E-state index is 8.82. The van der Waals surface area contributed by atoms with Crippen LogP contribution in [-0.2, 0) is 7.67 Å². The van der Waals surface area contributed by atoms with Gasteiger partial charge in [-0.3, -0.25) is 0 Å². The van der Waals surface area contributed by atoms with Crippen LogP contribution in [0.15, 0.2) is 0 Å². The van der Waals surface area contributed by atoms with E-state index in [4.69, 9.17) is 16.0 Å². The van der Waals surface area contributed by atoms with Crippen molar-refractivity contribution in [2.24, 2.45) is 0 Å². The Hall–Kier alpha value is 1.68. The maximum atomic E-state index is 8.82. The van der Waals surface area contributed by atoms with Crippen LogP contribution in [0, 0.1) is 0 Å². The van der Waals surface area contributed by atoms with Gasteiger partial charge in [0, 0.05) is 0 Å². The molecule has 6 heteroatoms. The molecule has 0 aliphatic rings. The molecule has 0 aromatic rings. The zero-order chi connectivity index (χ0) is 4.50. The van der Waals surface area contributed by atoms with Gasteiger partial charge in [0.25, 0.3) is 0 Å². The van der Waals surface area contributed by atoms with Gasteiger partial charge in [-0.15, -0.1) is 0 Å². The van der Waals surface area contributed by atoms with Gasteiger partial charge in [-0.1, -0.05) is 0 Å². The third-order valence-electron chi connectivity index (χ3n) is 0. The van der Waals surface area contributed by atoms with E-state index in [-0.39, 0.29) is 51.4 Å². The van der Waals surface area contributed by atoms with Crippen molar-refractivity contribution in [2.45, 2.75) is 0 Å². The fourth-order valence-corrected chi connectivity index (χ4v) is 0. The molecule has 0 radical (unpaired) electrons. The third kappa shape index (κ3) is 44.2. The van der Waals surface area contributed by atoms with Crippen LogP contribution < -0.4 is 0 Å². The van der Waals surface area contributed by atoms with Crippen LogP contribution in [0.4, 0.5) is 0 Å². The first-order valence-corrected chi connectivity index (χ1v) is 3.63. The van der Waals surface area contributed by atoms with E-state index in [0.717, 1.165) is 0 Å².